The highest BCUT2D eigenvalue weighted by atomic mass is 16.5. The van der Waals surface area contributed by atoms with Gasteiger partial charge in [0.1, 0.15) is 0 Å². The molecule has 30 heavy (non-hydrogen) atoms. The zero-order valence-electron chi connectivity index (χ0n) is 17.3. The minimum absolute atomic E-state index is 0.222. The van der Waals surface area contributed by atoms with Gasteiger partial charge in [-0.2, -0.15) is 5.10 Å². The molecule has 8 heteroatoms. The Kier molecular flexibility index (Phi) is 5.43. The Morgan fingerprint density at radius 3 is 2.77 bits per heavy atom. The number of imide groups is 1. The van der Waals surface area contributed by atoms with Crippen LogP contribution < -0.4 is 10.2 Å². The van der Waals surface area contributed by atoms with E-state index in [1.54, 1.807) is 15.6 Å². The molecule has 1 atom stereocenters. The molecule has 0 aromatic carbocycles. The molecule has 3 aliphatic rings. The van der Waals surface area contributed by atoms with E-state index in [1.807, 2.05) is 6.20 Å². The topological polar surface area (TPSA) is 79.2 Å². The van der Waals surface area contributed by atoms with Crippen LogP contribution in [0.15, 0.2) is 24.5 Å². The van der Waals surface area contributed by atoms with Crippen LogP contribution in [0.25, 0.3) is 5.52 Å². The predicted octanol–water partition coefficient (Wildman–Crippen LogP) is 2.07. The first-order valence-electron chi connectivity index (χ1n) is 11.0. The molecule has 0 aliphatic carbocycles. The Bertz CT molecular complexity index is 928. The Morgan fingerprint density at radius 1 is 1.13 bits per heavy atom. The molecule has 0 spiro atoms. The average Bonchev–Trinajstić information content (AvgIpc) is 3.39. The van der Waals surface area contributed by atoms with Gasteiger partial charge in [-0.15, -0.1) is 0 Å². The van der Waals surface area contributed by atoms with Gasteiger partial charge in [0.05, 0.1) is 24.0 Å². The number of carbonyl (C=O) groups is 2. The van der Waals surface area contributed by atoms with Crippen LogP contribution >= 0.6 is 0 Å². The number of urea groups is 1. The largest absolute Gasteiger partial charge is 0.381 e. The molecule has 3 amide bonds. The maximum Gasteiger partial charge on any atom is 0.328 e. The molecule has 2 aromatic heterocycles. The Balaban J connectivity index is 1.23. The van der Waals surface area contributed by atoms with Crippen molar-refractivity contribution in [2.24, 2.45) is 11.8 Å². The maximum atomic E-state index is 12.2. The van der Waals surface area contributed by atoms with Gasteiger partial charge in [0, 0.05) is 32.3 Å². The SMILES string of the molecule is O=C1CCN(c2cnn3ccc(CC4CCN(CC5CCOC5)CC4)cc23)C(=O)N1. The van der Waals surface area contributed by atoms with Crippen molar-refractivity contribution in [1.29, 1.82) is 0 Å². The fourth-order valence-corrected chi connectivity index (χ4v) is 4.94. The number of carbonyl (C=O) groups excluding carboxylic acids is 2. The first-order valence-corrected chi connectivity index (χ1v) is 11.0. The number of nitrogens with zero attached hydrogens (tertiary/aromatic N) is 4. The average molecular weight is 412 g/mol. The lowest BCUT2D eigenvalue weighted by molar-refractivity contribution is -0.120. The van der Waals surface area contributed by atoms with Crippen molar-refractivity contribution in [3.63, 3.8) is 0 Å². The molecule has 8 nitrogen and oxygen atoms in total. The second kappa shape index (κ2) is 8.35. The summed E-state index contributed by atoms with van der Waals surface area (Å²) in [5, 5.41) is 6.78. The van der Waals surface area contributed by atoms with Gasteiger partial charge in [-0.25, -0.2) is 9.31 Å². The zero-order chi connectivity index (χ0) is 20.5. The fraction of sp³-hybridized carbons (Fsp3) is 0.591. The molecular formula is C22H29N5O3. The third kappa shape index (κ3) is 4.06. The fourth-order valence-electron chi connectivity index (χ4n) is 4.94. The summed E-state index contributed by atoms with van der Waals surface area (Å²) in [6, 6.07) is 3.91. The molecule has 3 aliphatic heterocycles. The van der Waals surface area contributed by atoms with E-state index < -0.39 is 0 Å². The third-order valence-electron chi connectivity index (χ3n) is 6.68. The molecule has 3 fully saturated rings. The number of amides is 3. The summed E-state index contributed by atoms with van der Waals surface area (Å²) in [4.78, 5) is 27.9. The van der Waals surface area contributed by atoms with Gasteiger partial charge in [0.2, 0.25) is 5.91 Å². The van der Waals surface area contributed by atoms with Gasteiger partial charge < -0.3 is 9.64 Å². The first-order chi connectivity index (χ1) is 14.7. The van der Waals surface area contributed by atoms with Crippen molar-refractivity contribution < 1.29 is 14.3 Å². The van der Waals surface area contributed by atoms with Crippen molar-refractivity contribution >= 4 is 23.1 Å². The molecule has 5 heterocycles. The number of piperidine rings is 1. The lowest BCUT2D eigenvalue weighted by atomic mass is 9.90. The second-order valence-electron chi connectivity index (χ2n) is 8.83. The van der Waals surface area contributed by atoms with E-state index in [-0.39, 0.29) is 11.9 Å². The van der Waals surface area contributed by atoms with Crippen molar-refractivity contribution in [2.45, 2.75) is 32.1 Å². The predicted molar refractivity (Wildman–Crippen MR) is 112 cm³/mol. The summed E-state index contributed by atoms with van der Waals surface area (Å²) in [5.41, 5.74) is 2.95. The van der Waals surface area contributed by atoms with E-state index in [9.17, 15) is 9.59 Å². The highest BCUT2D eigenvalue weighted by molar-refractivity contribution is 6.07. The van der Waals surface area contributed by atoms with Gasteiger partial charge in [0.25, 0.3) is 0 Å². The van der Waals surface area contributed by atoms with E-state index in [0.29, 0.717) is 24.8 Å². The van der Waals surface area contributed by atoms with Crippen LogP contribution in [0, 0.1) is 11.8 Å². The van der Waals surface area contributed by atoms with E-state index in [2.05, 4.69) is 27.4 Å². The van der Waals surface area contributed by atoms with Gasteiger partial charge in [0.15, 0.2) is 0 Å². The van der Waals surface area contributed by atoms with Gasteiger partial charge in [-0.05, 0) is 68.3 Å². The third-order valence-corrected chi connectivity index (χ3v) is 6.68. The highest BCUT2D eigenvalue weighted by Crippen LogP contribution is 2.27. The summed E-state index contributed by atoms with van der Waals surface area (Å²) < 4.78 is 7.31. The minimum Gasteiger partial charge on any atom is -0.381 e. The summed E-state index contributed by atoms with van der Waals surface area (Å²) in [6.45, 7) is 5.76. The monoisotopic (exact) mass is 411 g/mol. The van der Waals surface area contributed by atoms with E-state index in [0.717, 1.165) is 30.8 Å². The number of rotatable bonds is 5. The molecule has 3 saturated heterocycles. The Labute approximate surface area is 176 Å². The Hall–Kier alpha value is -2.45. The molecule has 5 rings (SSSR count). The highest BCUT2D eigenvalue weighted by Gasteiger charge is 2.27. The van der Waals surface area contributed by atoms with Crippen molar-refractivity contribution in [1.82, 2.24) is 19.8 Å². The number of hydrogen-bond acceptors (Lipinski definition) is 5. The van der Waals surface area contributed by atoms with Crippen molar-refractivity contribution in [3.05, 3.63) is 30.1 Å². The second-order valence-corrected chi connectivity index (χ2v) is 8.83. The summed E-state index contributed by atoms with van der Waals surface area (Å²) >= 11 is 0. The van der Waals surface area contributed by atoms with Crippen LogP contribution in [0.5, 0.6) is 0 Å². The molecule has 0 radical (unpaired) electrons. The maximum absolute atomic E-state index is 12.2. The molecule has 0 bridgehead atoms. The van der Waals surface area contributed by atoms with Crippen LogP contribution in [0.2, 0.25) is 0 Å². The molecule has 0 saturated carbocycles. The summed E-state index contributed by atoms with van der Waals surface area (Å²) in [7, 11) is 0. The number of fused-ring (bicyclic) bond motifs is 1. The number of anilines is 1. The number of ether oxygens (including phenoxy) is 1. The zero-order valence-corrected chi connectivity index (χ0v) is 17.3. The lowest BCUT2D eigenvalue weighted by Crippen LogP contribution is -2.49. The summed E-state index contributed by atoms with van der Waals surface area (Å²) in [5.74, 6) is 1.18. The molecule has 160 valence electrons. The number of hydrogen-bond donors (Lipinski definition) is 1. The standard InChI is InChI=1S/C22H29N5O3/c28-21-4-8-26(22(29)24-21)20-13-23-27-9-3-17(12-19(20)27)11-16-1-6-25(7-2-16)14-18-5-10-30-15-18/h3,9,12-13,16,18H,1-2,4-8,10-11,14-15H2,(H,24,28,29). The van der Waals surface area contributed by atoms with Gasteiger partial charge >= 0.3 is 6.03 Å². The summed E-state index contributed by atoms with van der Waals surface area (Å²) in [6.07, 6.45) is 8.69. The van der Waals surface area contributed by atoms with Crippen LogP contribution in [-0.2, 0) is 16.0 Å². The van der Waals surface area contributed by atoms with Crippen LogP contribution in [0.1, 0.15) is 31.2 Å². The van der Waals surface area contributed by atoms with Crippen LogP contribution in [0.4, 0.5) is 10.5 Å². The van der Waals surface area contributed by atoms with E-state index in [4.69, 9.17) is 4.74 Å². The molecule has 1 unspecified atom stereocenters. The normalized spacial score (nSPS) is 24.0. The molecular weight excluding hydrogens is 382 g/mol. The van der Waals surface area contributed by atoms with Crippen molar-refractivity contribution in [3.8, 4) is 0 Å². The van der Waals surface area contributed by atoms with Crippen molar-refractivity contribution in [2.75, 3.05) is 44.3 Å². The number of aromatic nitrogens is 2. The van der Waals surface area contributed by atoms with E-state index >= 15 is 0 Å². The number of nitrogens with one attached hydrogen (secondary N) is 1. The Morgan fingerprint density at radius 2 is 2.00 bits per heavy atom. The lowest BCUT2D eigenvalue weighted by Gasteiger charge is -2.33. The number of pyridine rings is 1. The van der Waals surface area contributed by atoms with Crippen LogP contribution in [-0.4, -0.2) is 65.8 Å². The molecule has 2 aromatic rings. The number of likely N-dealkylation sites (tertiary alicyclic amines) is 1. The molecule has 1 N–H and O–H groups in total. The quantitative estimate of drug-likeness (QED) is 0.815. The smallest absolute Gasteiger partial charge is 0.328 e. The van der Waals surface area contributed by atoms with E-state index in [1.165, 1.54) is 44.5 Å². The minimum atomic E-state index is -0.369. The van der Waals surface area contributed by atoms with Gasteiger partial charge in [-0.3, -0.25) is 15.0 Å². The van der Waals surface area contributed by atoms with Gasteiger partial charge in [-0.1, -0.05) is 0 Å². The van der Waals surface area contributed by atoms with Crippen LogP contribution in [0.3, 0.4) is 0 Å². The first kappa shape index (κ1) is 19.5.